The SMILES string of the molecule is CC(C)[C@@H](Nc1nccc(C(F)(F)F)n1)C(N)=O. The number of nitrogens with zero attached hydrogens (tertiary/aromatic N) is 2. The molecule has 100 valence electrons. The van der Waals surface area contributed by atoms with Crippen molar-refractivity contribution in [2.24, 2.45) is 11.7 Å². The lowest BCUT2D eigenvalue weighted by Gasteiger charge is -2.19. The fraction of sp³-hybridized carbons (Fsp3) is 0.500. The van der Waals surface area contributed by atoms with Gasteiger partial charge in [-0.25, -0.2) is 9.97 Å². The van der Waals surface area contributed by atoms with Crippen molar-refractivity contribution >= 4 is 11.9 Å². The quantitative estimate of drug-likeness (QED) is 0.859. The van der Waals surface area contributed by atoms with Crippen molar-refractivity contribution in [3.8, 4) is 0 Å². The topological polar surface area (TPSA) is 80.9 Å². The van der Waals surface area contributed by atoms with Crippen molar-refractivity contribution in [3.63, 3.8) is 0 Å². The van der Waals surface area contributed by atoms with Gasteiger partial charge in [0.2, 0.25) is 11.9 Å². The molecular formula is C10H13F3N4O. The third kappa shape index (κ3) is 3.57. The summed E-state index contributed by atoms with van der Waals surface area (Å²) in [5, 5.41) is 2.49. The van der Waals surface area contributed by atoms with E-state index in [1.807, 2.05) is 0 Å². The second-order valence-electron chi connectivity index (χ2n) is 4.03. The maximum atomic E-state index is 12.4. The number of halogens is 3. The summed E-state index contributed by atoms with van der Waals surface area (Å²) in [6.07, 6.45) is -3.59. The minimum absolute atomic E-state index is 0.194. The van der Waals surface area contributed by atoms with Crippen LogP contribution in [0.3, 0.4) is 0 Å². The molecule has 1 aromatic rings. The van der Waals surface area contributed by atoms with Gasteiger partial charge in [-0.3, -0.25) is 4.79 Å². The number of alkyl halides is 3. The number of nitrogens with one attached hydrogen (secondary N) is 1. The molecule has 8 heteroatoms. The highest BCUT2D eigenvalue weighted by Gasteiger charge is 2.33. The van der Waals surface area contributed by atoms with E-state index in [2.05, 4.69) is 15.3 Å². The van der Waals surface area contributed by atoms with Crippen molar-refractivity contribution in [1.29, 1.82) is 0 Å². The monoisotopic (exact) mass is 262 g/mol. The Morgan fingerprint density at radius 3 is 2.50 bits per heavy atom. The van der Waals surface area contributed by atoms with Crippen LogP contribution in [0.4, 0.5) is 19.1 Å². The lowest BCUT2D eigenvalue weighted by molar-refractivity contribution is -0.141. The fourth-order valence-corrected chi connectivity index (χ4v) is 1.29. The first-order valence-corrected chi connectivity index (χ1v) is 5.18. The lowest BCUT2D eigenvalue weighted by atomic mass is 10.0. The molecular weight excluding hydrogens is 249 g/mol. The van der Waals surface area contributed by atoms with Crippen molar-refractivity contribution < 1.29 is 18.0 Å². The molecule has 0 spiro atoms. The van der Waals surface area contributed by atoms with Crippen molar-refractivity contribution in [1.82, 2.24) is 9.97 Å². The number of hydrogen-bond acceptors (Lipinski definition) is 4. The number of carbonyl (C=O) groups is 1. The van der Waals surface area contributed by atoms with Gasteiger partial charge in [-0.2, -0.15) is 13.2 Å². The molecule has 0 aromatic carbocycles. The van der Waals surface area contributed by atoms with Crippen LogP contribution in [-0.2, 0) is 11.0 Å². The molecule has 18 heavy (non-hydrogen) atoms. The van der Waals surface area contributed by atoms with Crippen LogP contribution >= 0.6 is 0 Å². The summed E-state index contributed by atoms with van der Waals surface area (Å²) in [4.78, 5) is 18.0. The molecule has 5 nitrogen and oxygen atoms in total. The van der Waals surface area contributed by atoms with Gasteiger partial charge in [0.05, 0.1) is 0 Å². The summed E-state index contributed by atoms with van der Waals surface area (Å²) < 4.78 is 37.2. The number of nitrogens with two attached hydrogens (primary N) is 1. The Labute approximate surface area is 102 Å². The molecule has 3 N–H and O–H groups in total. The molecule has 1 atom stereocenters. The molecule has 0 aliphatic heterocycles. The smallest absolute Gasteiger partial charge is 0.368 e. The molecule has 0 bridgehead atoms. The lowest BCUT2D eigenvalue weighted by Crippen LogP contribution is -2.40. The highest BCUT2D eigenvalue weighted by Crippen LogP contribution is 2.27. The van der Waals surface area contributed by atoms with Crippen LogP contribution in [0.15, 0.2) is 12.3 Å². The largest absolute Gasteiger partial charge is 0.433 e. The third-order valence-electron chi connectivity index (χ3n) is 2.20. The van der Waals surface area contributed by atoms with Crippen LogP contribution < -0.4 is 11.1 Å². The van der Waals surface area contributed by atoms with E-state index in [1.165, 1.54) is 0 Å². The second kappa shape index (κ2) is 5.19. The Bertz CT molecular complexity index is 433. The van der Waals surface area contributed by atoms with E-state index in [-0.39, 0.29) is 11.9 Å². The van der Waals surface area contributed by atoms with E-state index < -0.39 is 23.8 Å². The average molecular weight is 262 g/mol. The maximum Gasteiger partial charge on any atom is 0.433 e. The Morgan fingerprint density at radius 2 is 2.06 bits per heavy atom. The minimum atomic E-state index is -4.56. The number of primary amides is 1. The number of carbonyl (C=O) groups excluding carboxylic acids is 1. The number of rotatable bonds is 4. The van der Waals surface area contributed by atoms with Gasteiger partial charge in [0.25, 0.3) is 0 Å². The van der Waals surface area contributed by atoms with Gasteiger partial charge in [0.15, 0.2) is 0 Å². The summed E-state index contributed by atoms with van der Waals surface area (Å²) in [5.41, 5.74) is 4.05. The first-order chi connectivity index (χ1) is 8.21. The number of hydrogen-bond donors (Lipinski definition) is 2. The Balaban J connectivity index is 2.94. The molecule has 0 saturated heterocycles. The third-order valence-corrected chi connectivity index (χ3v) is 2.20. The normalized spacial score (nSPS) is 13.4. The van der Waals surface area contributed by atoms with Gasteiger partial charge in [-0.05, 0) is 12.0 Å². The van der Waals surface area contributed by atoms with Crippen LogP contribution in [-0.4, -0.2) is 21.9 Å². The molecule has 1 amide bonds. The van der Waals surface area contributed by atoms with Gasteiger partial charge < -0.3 is 11.1 Å². The van der Waals surface area contributed by atoms with Gasteiger partial charge in [-0.15, -0.1) is 0 Å². The van der Waals surface area contributed by atoms with Gasteiger partial charge >= 0.3 is 6.18 Å². The predicted molar refractivity (Wildman–Crippen MR) is 58.5 cm³/mol. The Hall–Kier alpha value is -1.86. The minimum Gasteiger partial charge on any atom is -0.368 e. The van der Waals surface area contributed by atoms with E-state index in [1.54, 1.807) is 13.8 Å². The highest BCUT2D eigenvalue weighted by atomic mass is 19.4. The maximum absolute atomic E-state index is 12.4. The molecule has 0 radical (unpaired) electrons. The van der Waals surface area contributed by atoms with E-state index >= 15 is 0 Å². The molecule has 0 saturated carbocycles. The highest BCUT2D eigenvalue weighted by molar-refractivity contribution is 5.82. The average Bonchev–Trinajstić information content (AvgIpc) is 2.24. The van der Waals surface area contributed by atoms with E-state index in [0.29, 0.717) is 0 Å². The Kier molecular flexibility index (Phi) is 4.10. The summed E-state index contributed by atoms with van der Waals surface area (Å²) in [6, 6.07) is -0.0756. The summed E-state index contributed by atoms with van der Waals surface area (Å²) in [5.74, 6) is -1.14. The predicted octanol–water partition coefficient (Wildman–Crippen LogP) is 1.42. The summed E-state index contributed by atoms with van der Waals surface area (Å²) in [6.45, 7) is 3.41. The Morgan fingerprint density at radius 1 is 1.44 bits per heavy atom. The van der Waals surface area contributed by atoms with Crippen LogP contribution in [0.25, 0.3) is 0 Å². The van der Waals surface area contributed by atoms with Crippen LogP contribution in [0.1, 0.15) is 19.5 Å². The van der Waals surface area contributed by atoms with Gasteiger partial charge in [0.1, 0.15) is 11.7 Å². The number of anilines is 1. The molecule has 1 rings (SSSR count). The molecule has 0 aliphatic rings. The zero-order chi connectivity index (χ0) is 13.9. The first kappa shape index (κ1) is 14.2. The van der Waals surface area contributed by atoms with Crippen LogP contribution in [0, 0.1) is 5.92 Å². The molecule has 1 aromatic heterocycles. The zero-order valence-electron chi connectivity index (χ0n) is 9.82. The standard InChI is InChI=1S/C10H13F3N4O/c1-5(2)7(8(14)18)17-9-15-4-3-6(16-9)10(11,12)13/h3-5,7H,1-2H3,(H2,14,18)(H,15,16,17)/t7-/m1/s1. The van der Waals surface area contributed by atoms with Gasteiger partial charge in [-0.1, -0.05) is 13.8 Å². The summed E-state index contributed by atoms with van der Waals surface area (Å²) in [7, 11) is 0. The number of aromatic nitrogens is 2. The zero-order valence-corrected chi connectivity index (χ0v) is 9.82. The molecule has 1 heterocycles. The van der Waals surface area contributed by atoms with E-state index in [9.17, 15) is 18.0 Å². The fourth-order valence-electron chi connectivity index (χ4n) is 1.29. The molecule has 0 fully saturated rings. The summed E-state index contributed by atoms with van der Waals surface area (Å²) >= 11 is 0. The van der Waals surface area contributed by atoms with E-state index in [4.69, 9.17) is 5.73 Å². The molecule has 0 aliphatic carbocycles. The number of amides is 1. The first-order valence-electron chi connectivity index (χ1n) is 5.18. The van der Waals surface area contributed by atoms with Crippen molar-refractivity contribution in [2.45, 2.75) is 26.1 Å². The van der Waals surface area contributed by atoms with Crippen LogP contribution in [0.2, 0.25) is 0 Å². The van der Waals surface area contributed by atoms with Crippen LogP contribution in [0.5, 0.6) is 0 Å². The molecule has 0 unspecified atom stereocenters. The van der Waals surface area contributed by atoms with Crippen molar-refractivity contribution in [3.05, 3.63) is 18.0 Å². The second-order valence-corrected chi connectivity index (χ2v) is 4.03. The van der Waals surface area contributed by atoms with Crippen molar-refractivity contribution in [2.75, 3.05) is 5.32 Å². The van der Waals surface area contributed by atoms with E-state index in [0.717, 1.165) is 12.3 Å². The van der Waals surface area contributed by atoms with Gasteiger partial charge in [0, 0.05) is 6.20 Å².